The normalized spacial score (nSPS) is 13.9. The molecule has 0 spiro atoms. The molecule has 0 saturated heterocycles. The Hall–Kier alpha value is -2.70. The van der Waals surface area contributed by atoms with E-state index in [4.69, 9.17) is 4.74 Å². The summed E-state index contributed by atoms with van der Waals surface area (Å²) in [7, 11) is 0. The number of aliphatic hydroxyl groups excluding tert-OH is 2. The molecule has 0 heterocycles. The Morgan fingerprint density at radius 2 is 0.852 bits per heavy atom. The Morgan fingerprint density at radius 3 is 1.25 bits per heavy atom. The van der Waals surface area contributed by atoms with Gasteiger partial charge in [0.15, 0.2) is 0 Å². The molecule has 0 aromatic carbocycles. The molecular weight excluding hydrogens is 755 g/mol. The van der Waals surface area contributed by atoms with Crippen LogP contribution in [0.4, 0.5) is 0 Å². The van der Waals surface area contributed by atoms with E-state index in [0.29, 0.717) is 19.3 Å². The van der Waals surface area contributed by atoms with Crippen LogP contribution in [0.3, 0.4) is 0 Å². The van der Waals surface area contributed by atoms with Crippen molar-refractivity contribution in [3.05, 3.63) is 72.9 Å². The van der Waals surface area contributed by atoms with Crippen LogP contribution in [0, 0.1) is 0 Å². The summed E-state index contributed by atoms with van der Waals surface area (Å²) in [6.45, 7) is 6.33. The van der Waals surface area contributed by atoms with Crippen LogP contribution in [0.15, 0.2) is 72.9 Å². The molecule has 0 aliphatic carbocycles. The monoisotopic (exact) mass is 852 g/mol. The second-order valence-corrected chi connectivity index (χ2v) is 17.2. The number of allylic oxidation sites excluding steroid dienone is 11. The van der Waals surface area contributed by atoms with E-state index >= 15 is 0 Å². The smallest absolute Gasteiger partial charge is 0.306 e. The summed E-state index contributed by atoms with van der Waals surface area (Å²) in [5.74, 6) is -0.628. The van der Waals surface area contributed by atoms with Crippen LogP contribution in [0.5, 0.6) is 0 Å². The summed E-state index contributed by atoms with van der Waals surface area (Å²) in [4.78, 5) is 26.1. The summed E-state index contributed by atoms with van der Waals surface area (Å²) >= 11 is 0. The van der Waals surface area contributed by atoms with Crippen LogP contribution in [0.25, 0.3) is 0 Å². The lowest BCUT2D eigenvalue weighted by Crippen LogP contribution is -2.46. The van der Waals surface area contributed by atoms with Crippen molar-refractivity contribution in [3.63, 3.8) is 0 Å². The molecule has 0 rings (SSSR count). The van der Waals surface area contributed by atoms with Crippen LogP contribution < -0.4 is 5.32 Å². The van der Waals surface area contributed by atoms with Gasteiger partial charge in [0.05, 0.1) is 25.2 Å². The van der Waals surface area contributed by atoms with Crippen LogP contribution >= 0.6 is 0 Å². The average molecular weight is 852 g/mol. The van der Waals surface area contributed by atoms with Crippen molar-refractivity contribution in [1.82, 2.24) is 5.32 Å². The molecule has 61 heavy (non-hydrogen) atoms. The highest BCUT2D eigenvalue weighted by Crippen LogP contribution is 2.16. The molecule has 0 aromatic heterocycles. The minimum absolute atomic E-state index is 0.0473. The molecule has 0 aromatic rings. The largest absolute Gasteiger partial charge is 0.458 e. The quantitative estimate of drug-likeness (QED) is 0.0322. The highest BCUT2D eigenvalue weighted by atomic mass is 16.5. The molecule has 3 unspecified atom stereocenters. The number of amides is 1. The molecule has 6 nitrogen and oxygen atoms in total. The molecule has 0 fully saturated rings. The zero-order valence-corrected chi connectivity index (χ0v) is 40.0. The standard InChI is InChI=1S/C55H97NO5/c1-4-7-10-13-16-19-22-25-26-27-28-30-31-34-37-40-43-46-51(61-55(60)48-45-42-39-36-33-29-23-20-17-14-11-8-5-2)49-54(59)56-52(50-57)53(58)47-44-41-38-35-32-24-21-18-15-12-9-6-3/h7,10,16,19,25-26,28,30,34,37,43,46,51-53,57-58H,4-6,8-9,11-15,17-18,20-24,27,29,31-33,35-36,38-42,44-45,47-50H2,1-3H3,(H,56,59)/b10-7-,19-16-,26-25-,30-28-,37-34-,46-43-. The highest BCUT2D eigenvalue weighted by molar-refractivity contribution is 5.78. The van der Waals surface area contributed by atoms with Gasteiger partial charge in [-0.25, -0.2) is 0 Å². The van der Waals surface area contributed by atoms with Crippen LogP contribution in [0.2, 0.25) is 0 Å². The molecule has 352 valence electrons. The predicted octanol–water partition coefficient (Wildman–Crippen LogP) is 15.4. The van der Waals surface area contributed by atoms with Gasteiger partial charge in [-0.05, 0) is 57.4 Å². The number of unbranched alkanes of at least 4 members (excludes halogenated alkanes) is 23. The highest BCUT2D eigenvalue weighted by Gasteiger charge is 2.23. The SMILES string of the molecule is CC/C=C\C/C=C\C/C=C\C/C=C\C/C=C\C/C=C\C(CC(=O)NC(CO)C(O)CCCCCCCCCCCCCC)OC(=O)CCCCCCCCCCCCCCC. The first-order chi connectivity index (χ1) is 30.0. The predicted molar refractivity (Wildman–Crippen MR) is 264 cm³/mol. The van der Waals surface area contributed by atoms with E-state index in [1.165, 1.54) is 122 Å². The topological polar surface area (TPSA) is 95.9 Å². The molecule has 1 amide bonds. The van der Waals surface area contributed by atoms with Crippen molar-refractivity contribution in [2.75, 3.05) is 6.61 Å². The van der Waals surface area contributed by atoms with Gasteiger partial charge >= 0.3 is 5.97 Å². The van der Waals surface area contributed by atoms with Gasteiger partial charge in [0, 0.05) is 6.42 Å². The van der Waals surface area contributed by atoms with Crippen LogP contribution in [-0.4, -0.2) is 46.9 Å². The van der Waals surface area contributed by atoms with Gasteiger partial charge in [0.1, 0.15) is 6.10 Å². The third kappa shape index (κ3) is 43.7. The zero-order valence-electron chi connectivity index (χ0n) is 40.0. The van der Waals surface area contributed by atoms with Gasteiger partial charge in [-0.2, -0.15) is 0 Å². The van der Waals surface area contributed by atoms with Gasteiger partial charge in [-0.15, -0.1) is 0 Å². The maximum Gasteiger partial charge on any atom is 0.306 e. The fourth-order valence-corrected chi connectivity index (χ4v) is 7.43. The summed E-state index contributed by atoms with van der Waals surface area (Å²) in [5, 5.41) is 23.7. The number of rotatable bonds is 45. The van der Waals surface area contributed by atoms with Gasteiger partial charge in [-0.1, -0.05) is 242 Å². The van der Waals surface area contributed by atoms with Crippen molar-refractivity contribution in [2.45, 2.75) is 257 Å². The van der Waals surface area contributed by atoms with Crippen molar-refractivity contribution in [1.29, 1.82) is 0 Å². The molecule has 3 atom stereocenters. The van der Waals surface area contributed by atoms with Crippen LogP contribution in [0.1, 0.15) is 239 Å². The number of ether oxygens (including phenoxy) is 1. The van der Waals surface area contributed by atoms with E-state index in [2.05, 4.69) is 86.8 Å². The minimum atomic E-state index is -0.820. The maximum atomic E-state index is 13.2. The fraction of sp³-hybridized carbons (Fsp3) is 0.745. The van der Waals surface area contributed by atoms with Crippen molar-refractivity contribution >= 4 is 11.9 Å². The molecule has 0 radical (unpaired) electrons. The van der Waals surface area contributed by atoms with Crippen molar-refractivity contribution < 1.29 is 24.5 Å². The molecular formula is C55H97NO5. The Kier molecular flexibility index (Phi) is 46.2. The maximum absolute atomic E-state index is 13.2. The third-order valence-electron chi connectivity index (χ3n) is 11.3. The van der Waals surface area contributed by atoms with E-state index in [1.54, 1.807) is 6.08 Å². The lowest BCUT2D eigenvalue weighted by atomic mass is 10.0. The minimum Gasteiger partial charge on any atom is -0.458 e. The first kappa shape index (κ1) is 58.3. The first-order valence-corrected chi connectivity index (χ1v) is 25.7. The van der Waals surface area contributed by atoms with E-state index in [9.17, 15) is 19.8 Å². The summed E-state index contributed by atoms with van der Waals surface area (Å²) in [6, 6.07) is -0.743. The Bertz CT molecular complexity index is 1140. The second-order valence-electron chi connectivity index (χ2n) is 17.2. The number of esters is 1. The zero-order chi connectivity index (χ0) is 44.5. The molecule has 0 bridgehead atoms. The number of aliphatic hydroxyl groups is 2. The van der Waals surface area contributed by atoms with Gasteiger partial charge in [0.2, 0.25) is 5.91 Å². The summed E-state index contributed by atoms with van der Waals surface area (Å²) in [5.41, 5.74) is 0. The third-order valence-corrected chi connectivity index (χ3v) is 11.3. The van der Waals surface area contributed by atoms with Crippen LogP contribution in [-0.2, 0) is 14.3 Å². The number of hydrogen-bond donors (Lipinski definition) is 3. The van der Waals surface area contributed by atoms with Gasteiger partial charge in [0.25, 0.3) is 0 Å². The molecule has 0 saturated carbocycles. The van der Waals surface area contributed by atoms with E-state index < -0.39 is 18.2 Å². The van der Waals surface area contributed by atoms with E-state index in [0.717, 1.165) is 70.6 Å². The summed E-state index contributed by atoms with van der Waals surface area (Å²) < 4.78 is 5.82. The number of nitrogens with one attached hydrogen (secondary N) is 1. The first-order valence-electron chi connectivity index (χ1n) is 25.7. The van der Waals surface area contributed by atoms with Gasteiger partial charge in [-0.3, -0.25) is 9.59 Å². The number of carbonyl (C=O) groups is 2. The lowest BCUT2D eigenvalue weighted by molar-refractivity contribution is -0.148. The molecule has 0 aliphatic heterocycles. The van der Waals surface area contributed by atoms with E-state index in [-0.39, 0.29) is 24.9 Å². The Balaban J connectivity index is 4.77. The number of hydrogen-bond acceptors (Lipinski definition) is 5. The lowest BCUT2D eigenvalue weighted by Gasteiger charge is -2.23. The summed E-state index contributed by atoms with van der Waals surface area (Å²) in [6.07, 6.45) is 61.3. The Morgan fingerprint density at radius 1 is 0.492 bits per heavy atom. The molecule has 6 heteroatoms. The molecule has 3 N–H and O–H groups in total. The van der Waals surface area contributed by atoms with E-state index in [1.807, 2.05) is 6.08 Å². The van der Waals surface area contributed by atoms with Crippen molar-refractivity contribution in [2.24, 2.45) is 0 Å². The van der Waals surface area contributed by atoms with Gasteiger partial charge < -0.3 is 20.3 Å². The second kappa shape index (κ2) is 48.3. The Labute approximate surface area is 377 Å². The molecule has 0 aliphatic rings. The fourth-order valence-electron chi connectivity index (χ4n) is 7.43. The number of carbonyl (C=O) groups excluding carboxylic acids is 2. The van der Waals surface area contributed by atoms with Crippen molar-refractivity contribution in [3.8, 4) is 0 Å². The average Bonchev–Trinajstić information content (AvgIpc) is 3.25.